The minimum Gasteiger partial charge on any atom is -0.493 e. The highest BCUT2D eigenvalue weighted by Gasteiger charge is 2.14. The number of carbonyl (C=O) groups is 2. The first-order chi connectivity index (χ1) is 16.1. The first-order valence-electron chi connectivity index (χ1n) is 10.2. The van der Waals surface area contributed by atoms with Crippen molar-refractivity contribution in [3.05, 3.63) is 71.7 Å². The molecule has 0 aliphatic rings. The Morgan fingerprint density at radius 3 is 2.58 bits per heavy atom. The third-order valence-corrected chi connectivity index (χ3v) is 5.88. The predicted molar refractivity (Wildman–Crippen MR) is 128 cm³/mol. The molecule has 0 saturated carbocycles. The molecule has 0 atom stereocenters. The van der Waals surface area contributed by atoms with E-state index < -0.39 is 11.9 Å². The predicted octanol–water partition coefficient (Wildman–Crippen LogP) is 4.70. The Hall–Kier alpha value is -3.91. The van der Waals surface area contributed by atoms with Gasteiger partial charge in [0.15, 0.2) is 18.1 Å². The Kier molecular flexibility index (Phi) is 6.85. The number of rotatable bonds is 8. The van der Waals surface area contributed by atoms with E-state index in [1.807, 2.05) is 54.6 Å². The molecule has 0 aliphatic heterocycles. The summed E-state index contributed by atoms with van der Waals surface area (Å²) >= 11 is 1.41. The van der Waals surface area contributed by atoms with Gasteiger partial charge in [-0.1, -0.05) is 36.4 Å². The van der Waals surface area contributed by atoms with E-state index in [4.69, 9.17) is 14.2 Å². The fourth-order valence-corrected chi connectivity index (χ4v) is 4.17. The van der Waals surface area contributed by atoms with Crippen molar-refractivity contribution in [2.24, 2.45) is 0 Å². The van der Waals surface area contributed by atoms with Gasteiger partial charge < -0.3 is 19.5 Å². The molecule has 0 spiro atoms. The summed E-state index contributed by atoms with van der Waals surface area (Å²) in [5.41, 5.74) is 2.10. The molecule has 3 aromatic carbocycles. The summed E-state index contributed by atoms with van der Waals surface area (Å²) in [6.45, 7) is -0.366. The summed E-state index contributed by atoms with van der Waals surface area (Å²) in [7, 11) is 3.15. The lowest BCUT2D eigenvalue weighted by molar-refractivity contribution is -0.146. The summed E-state index contributed by atoms with van der Waals surface area (Å²) in [5.74, 6) is 0.308. The summed E-state index contributed by atoms with van der Waals surface area (Å²) < 4.78 is 15.7. The van der Waals surface area contributed by atoms with Crippen LogP contribution in [0.25, 0.3) is 21.3 Å². The molecule has 0 saturated heterocycles. The van der Waals surface area contributed by atoms with Crippen LogP contribution in [0.5, 0.6) is 11.5 Å². The van der Waals surface area contributed by atoms with Gasteiger partial charge in [-0.15, -0.1) is 11.3 Å². The molecule has 168 valence electrons. The molecule has 0 radical (unpaired) electrons. The summed E-state index contributed by atoms with van der Waals surface area (Å²) in [5, 5.41) is 7.27. The number of ether oxygens (including phenoxy) is 3. The zero-order valence-corrected chi connectivity index (χ0v) is 19.0. The molecule has 1 heterocycles. The van der Waals surface area contributed by atoms with Gasteiger partial charge in [-0.2, -0.15) is 0 Å². The van der Waals surface area contributed by atoms with E-state index in [1.54, 1.807) is 25.7 Å². The molecular formula is C25H22N2O5S. The van der Waals surface area contributed by atoms with Crippen LogP contribution in [0.15, 0.2) is 66.0 Å². The second kappa shape index (κ2) is 10.1. The average Bonchev–Trinajstić information content (AvgIpc) is 3.31. The molecule has 0 bridgehead atoms. The molecule has 4 aromatic rings. The zero-order chi connectivity index (χ0) is 23.2. The van der Waals surface area contributed by atoms with E-state index in [2.05, 4.69) is 10.3 Å². The number of carbonyl (C=O) groups excluding carboxylic acids is 2. The molecule has 8 heteroatoms. The van der Waals surface area contributed by atoms with Gasteiger partial charge in [-0.3, -0.25) is 9.59 Å². The van der Waals surface area contributed by atoms with Crippen molar-refractivity contribution in [1.82, 2.24) is 4.98 Å². The first kappa shape index (κ1) is 22.3. The number of nitrogens with zero attached hydrogens (tertiary/aromatic N) is 1. The molecule has 7 nitrogen and oxygen atoms in total. The molecule has 1 aromatic heterocycles. The quantitative estimate of drug-likeness (QED) is 0.382. The van der Waals surface area contributed by atoms with Gasteiger partial charge in [0, 0.05) is 22.0 Å². The number of aromatic nitrogens is 1. The number of hydrogen-bond acceptors (Lipinski definition) is 7. The molecule has 0 aliphatic carbocycles. The molecule has 0 fully saturated rings. The number of hydrogen-bond donors (Lipinski definition) is 1. The van der Waals surface area contributed by atoms with Crippen LogP contribution in [0.2, 0.25) is 0 Å². The fourth-order valence-electron chi connectivity index (χ4n) is 3.36. The maximum absolute atomic E-state index is 12.3. The number of thiazole rings is 1. The molecule has 0 unspecified atom stereocenters. The third-order valence-electron chi connectivity index (χ3n) is 4.94. The Morgan fingerprint density at radius 2 is 1.76 bits per heavy atom. The monoisotopic (exact) mass is 462 g/mol. The average molecular weight is 463 g/mol. The minimum atomic E-state index is -0.521. The Balaban J connectivity index is 1.33. The van der Waals surface area contributed by atoms with Gasteiger partial charge in [0.25, 0.3) is 5.91 Å². The van der Waals surface area contributed by atoms with Crippen molar-refractivity contribution in [3.63, 3.8) is 0 Å². The third kappa shape index (κ3) is 5.30. The minimum absolute atomic E-state index is 0.0225. The summed E-state index contributed by atoms with van der Waals surface area (Å²) in [4.78, 5) is 29.0. The van der Waals surface area contributed by atoms with Crippen molar-refractivity contribution >= 4 is 39.7 Å². The number of amides is 1. The molecule has 4 rings (SSSR count). The number of anilines is 1. The first-order valence-corrected chi connectivity index (χ1v) is 11.1. The van der Waals surface area contributed by atoms with Gasteiger partial charge >= 0.3 is 5.97 Å². The van der Waals surface area contributed by atoms with E-state index in [9.17, 15) is 9.59 Å². The Bertz CT molecular complexity index is 1300. The van der Waals surface area contributed by atoms with Crippen LogP contribution in [-0.2, 0) is 20.7 Å². The lowest BCUT2D eigenvalue weighted by Gasteiger charge is -2.09. The van der Waals surface area contributed by atoms with Crippen LogP contribution in [0.3, 0.4) is 0 Å². The lowest BCUT2D eigenvalue weighted by atomic mass is 10.1. The van der Waals surface area contributed by atoms with E-state index in [-0.39, 0.29) is 13.0 Å². The largest absolute Gasteiger partial charge is 0.493 e. The molecule has 33 heavy (non-hydrogen) atoms. The van der Waals surface area contributed by atoms with E-state index in [0.717, 1.165) is 21.3 Å². The molecular weight excluding hydrogens is 440 g/mol. The maximum Gasteiger partial charge on any atom is 0.312 e. The van der Waals surface area contributed by atoms with Crippen molar-refractivity contribution < 1.29 is 23.8 Å². The highest BCUT2D eigenvalue weighted by atomic mass is 32.1. The Morgan fingerprint density at radius 1 is 0.970 bits per heavy atom. The van der Waals surface area contributed by atoms with Crippen LogP contribution in [-0.4, -0.2) is 37.7 Å². The maximum atomic E-state index is 12.3. The topological polar surface area (TPSA) is 86.8 Å². The van der Waals surface area contributed by atoms with E-state index in [1.165, 1.54) is 11.3 Å². The second-order valence-electron chi connectivity index (χ2n) is 7.13. The van der Waals surface area contributed by atoms with Crippen LogP contribution >= 0.6 is 11.3 Å². The number of benzene rings is 3. The van der Waals surface area contributed by atoms with Gasteiger partial charge in [0.05, 0.1) is 26.3 Å². The number of fused-ring (bicyclic) bond motifs is 1. The molecule has 1 N–H and O–H groups in total. The SMILES string of the molecule is COc1ccc(-c2nc(CC(=O)OCC(=O)Nc3cccc4ccccc34)cs2)cc1OC. The van der Waals surface area contributed by atoms with Crippen molar-refractivity contribution in [2.75, 3.05) is 26.1 Å². The molecule has 1 amide bonds. The van der Waals surface area contributed by atoms with Crippen molar-refractivity contribution in [2.45, 2.75) is 6.42 Å². The van der Waals surface area contributed by atoms with Crippen molar-refractivity contribution in [1.29, 1.82) is 0 Å². The Labute approximate surface area is 194 Å². The van der Waals surface area contributed by atoms with Gasteiger partial charge in [-0.25, -0.2) is 4.98 Å². The lowest BCUT2D eigenvalue weighted by Crippen LogP contribution is -2.21. The number of esters is 1. The highest BCUT2D eigenvalue weighted by molar-refractivity contribution is 7.13. The second-order valence-corrected chi connectivity index (χ2v) is 7.98. The van der Waals surface area contributed by atoms with Crippen LogP contribution < -0.4 is 14.8 Å². The zero-order valence-electron chi connectivity index (χ0n) is 18.2. The van der Waals surface area contributed by atoms with Gasteiger partial charge in [0.2, 0.25) is 0 Å². The summed E-state index contributed by atoms with van der Waals surface area (Å²) in [6.07, 6.45) is -0.0225. The van der Waals surface area contributed by atoms with Crippen LogP contribution in [0.1, 0.15) is 5.69 Å². The standard InChI is InChI=1S/C25H22N2O5S/c1-30-21-11-10-17(12-22(21)31-2)25-26-18(15-33-25)13-24(29)32-14-23(28)27-20-9-5-7-16-6-3-4-8-19(16)20/h3-12,15H,13-14H2,1-2H3,(H,27,28). The smallest absolute Gasteiger partial charge is 0.312 e. The number of nitrogens with one attached hydrogen (secondary N) is 1. The van der Waals surface area contributed by atoms with Crippen LogP contribution in [0, 0.1) is 0 Å². The summed E-state index contributed by atoms with van der Waals surface area (Å²) in [6, 6.07) is 18.9. The normalized spacial score (nSPS) is 10.6. The van der Waals surface area contributed by atoms with Crippen molar-refractivity contribution in [3.8, 4) is 22.1 Å². The van der Waals surface area contributed by atoms with Crippen LogP contribution in [0.4, 0.5) is 5.69 Å². The number of methoxy groups -OCH3 is 2. The highest BCUT2D eigenvalue weighted by Crippen LogP contribution is 2.33. The van der Waals surface area contributed by atoms with E-state index in [0.29, 0.717) is 22.9 Å². The van der Waals surface area contributed by atoms with Gasteiger partial charge in [-0.05, 0) is 29.7 Å². The fraction of sp³-hybridized carbons (Fsp3) is 0.160. The van der Waals surface area contributed by atoms with Gasteiger partial charge in [0.1, 0.15) is 5.01 Å². The van der Waals surface area contributed by atoms with E-state index >= 15 is 0 Å².